The molecular weight excluding hydrogens is 448 g/mol. The minimum Gasteiger partial charge on any atom is -0.263 e. The van der Waals surface area contributed by atoms with Crippen molar-refractivity contribution in [3.8, 4) is 17.2 Å². The van der Waals surface area contributed by atoms with Crippen molar-refractivity contribution < 1.29 is 0 Å². The van der Waals surface area contributed by atoms with Gasteiger partial charge in [-0.05, 0) is 127 Å². The SMILES string of the molecule is CCc1cc(C)c(CCc2cccc(-c3cccc(CC)c3C)c2C)cc1CCc1cncc(C#N)c1. The number of pyridine rings is 1. The zero-order chi connectivity index (χ0) is 26.4. The van der Waals surface area contributed by atoms with Crippen molar-refractivity contribution in [1.82, 2.24) is 4.98 Å². The van der Waals surface area contributed by atoms with Gasteiger partial charge in [0.25, 0.3) is 0 Å². The molecule has 37 heavy (non-hydrogen) atoms. The van der Waals surface area contributed by atoms with E-state index in [1.807, 2.05) is 12.3 Å². The van der Waals surface area contributed by atoms with Gasteiger partial charge in [-0.2, -0.15) is 5.26 Å². The lowest BCUT2D eigenvalue weighted by Crippen LogP contribution is -2.03. The van der Waals surface area contributed by atoms with Crippen molar-refractivity contribution in [3.05, 3.63) is 123 Å². The molecule has 0 saturated carbocycles. The lowest BCUT2D eigenvalue weighted by molar-refractivity contribution is 0.894. The Bertz CT molecular complexity index is 1440. The van der Waals surface area contributed by atoms with Gasteiger partial charge in [0.2, 0.25) is 0 Å². The molecule has 4 rings (SSSR count). The summed E-state index contributed by atoms with van der Waals surface area (Å²) < 4.78 is 0. The summed E-state index contributed by atoms with van der Waals surface area (Å²) >= 11 is 0. The molecule has 0 amide bonds. The first-order chi connectivity index (χ1) is 17.9. The van der Waals surface area contributed by atoms with Gasteiger partial charge in [-0.3, -0.25) is 4.98 Å². The molecule has 2 nitrogen and oxygen atoms in total. The second kappa shape index (κ2) is 12.0. The summed E-state index contributed by atoms with van der Waals surface area (Å²) in [6.45, 7) is 11.3. The molecule has 2 heteroatoms. The Labute approximate surface area is 223 Å². The van der Waals surface area contributed by atoms with Gasteiger partial charge in [0.1, 0.15) is 6.07 Å². The summed E-state index contributed by atoms with van der Waals surface area (Å²) in [5.41, 5.74) is 15.8. The Hall–Kier alpha value is -3.70. The van der Waals surface area contributed by atoms with Crippen LogP contribution >= 0.6 is 0 Å². The van der Waals surface area contributed by atoms with Crippen LogP contribution in [0.15, 0.2) is 67.0 Å². The number of nitriles is 1. The van der Waals surface area contributed by atoms with E-state index in [4.69, 9.17) is 0 Å². The van der Waals surface area contributed by atoms with Crippen molar-refractivity contribution in [2.75, 3.05) is 0 Å². The molecule has 0 N–H and O–H groups in total. The molecule has 1 aromatic heterocycles. The number of aromatic nitrogens is 1. The normalized spacial score (nSPS) is 10.9. The summed E-state index contributed by atoms with van der Waals surface area (Å²) in [6.07, 6.45) is 9.54. The second-order valence-corrected chi connectivity index (χ2v) is 10.1. The number of nitrogens with zero attached hydrogens (tertiary/aromatic N) is 2. The third-order valence-corrected chi connectivity index (χ3v) is 7.87. The van der Waals surface area contributed by atoms with E-state index in [1.54, 1.807) is 6.20 Å². The summed E-state index contributed by atoms with van der Waals surface area (Å²) in [7, 11) is 0. The molecule has 0 saturated heterocycles. The largest absolute Gasteiger partial charge is 0.263 e. The van der Waals surface area contributed by atoms with Gasteiger partial charge in [-0.15, -0.1) is 0 Å². The van der Waals surface area contributed by atoms with Crippen molar-refractivity contribution in [2.24, 2.45) is 0 Å². The predicted molar refractivity (Wildman–Crippen MR) is 155 cm³/mol. The maximum Gasteiger partial charge on any atom is 0.101 e. The van der Waals surface area contributed by atoms with E-state index in [2.05, 4.69) is 94.2 Å². The molecule has 0 spiro atoms. The van der Waals surface area contributed by atoms with Crippen LogP contribution in [-0.4, -0.2) is 4.98 Å². The van der Waals surface area contributed by atoms with E-state index in [-0.39, 0.29) is 0 Å². The van der Waals surface area contributed by atoms with E-state index < -0.39 is 0 Å². The van der Waals surface area contributed by atoms with Crippen LogP contribution in [0.3, 0.4) is 0 Å². The Balaban J connectivity index is 1.56. The predicted octanol–water partition coefficient (Wildman–Crippen LogP) is 8.24. The standard InChI is InChI=1S/C35H38N2/c1-6-29-10-8-12-34(25(29)4)35-13-9-11-31(26(35)5)16-17-32-20-33(30(7-2)18-24(32)3)15-14-27-19-28(21-36)23-37-22-27/h8-13,18-20,22-23H,6-7,14-17H2,1-5H3. The Morgan fingerprint density at radius 2 is 1.27 bits per heavy atom. The molecule has 0 radical (unpaired) electrons. The fourth-order valence-corrected chi connectivity index (χ4v) is 5.53. The molecule has 0 aliphatic carbocycles. The van der Waals surface area contributed by atoms with Crippen LogP contribution in [0.2, 0.25) is 0 Å². The van der Waals surface area contributed by atoms with Gasteiger partial charge >= 0.3 is 0 Å². The first-order valence-electron chi connectivity index (χ1n) is 13.6. The Kier molecular flexibility index (Phi) is 8.57. The first-order valence-corrected chi connectivity index (χ1v) is 13.6. The van der Waals surface area contributed by atoms with E-state index in [0.29, 0.717) is 5.56 Å². The van der Waals surface area contributed by atoms with E-state index in [0.717, 1.165) is 44.1 Å². The highest BCUT2D eigenvalue weighted by molar-refractivity contribution is 5.72. The average molecular weight is 487 g/mol. The minimum atomic E-state index is 0.632. The topological polar surface area (TPSA) is 36.7 Å². The number of rotatable bonds is 9. The molecule has 0 aliphatic heterocycles. The highest BCUT2D eigenvalue weighted by Crippen LogP contribution is 2.31. The first kappa shape index (κ1) is 26.4. The summed E-state index contributed by atoms with van der Waals surface area (Å²) in [4.78, 5) is 4.23. The van der Waals surface area contributed by atoms with Crippen molar-refractivity contribution >= 4 is 0 Å². The zero-order valence-electron chi connectivity index (χ0n) is 23.0. The number of aryl methyl sites for hydroxylation is 7. The summed E-state index contributed by atoms with van der Waals surface area (Å²) in [5, 5.41) is 9.20. The van der Waals surface area contributed by atoms with Crippen LogP contribution in [0.1, 0.15) is 69.5 Å². The van der Waals surface area contributed by atoms with Crippen molar-refractivity contribution in [2.45, 2.75) is 73.1 Å². The lowest BCUT2D eigenvalue weighted by Gasteiger charge is -2.17. The summed E-state index contributed by atoms with van der Waals surface area (Å²) in [5.74, 6) is 0. The second-order valence-electron chi connectivity index (χ2n) is 10.1. The van der Waals surface area contributed by atoms with Crippen LogP contribution in [0.5, 0.6) is 0 Å². The van der Waals surface area contributed by atoms with Gasteiger partial charge in [0.15, 0.2) is 0 Å². The zero-order valence-corrected chi connectivity index (χ0v) is 23.0. The third-order valence-electron chi connectivity index (χ3n) is 7.87. The van der Waals surface area contributed by atoms with Gasteiger partial charge in [0.05, 0.1) is 5.56 Å². The van der Waals surface area contributed by atoms with E-state index >= 15 is 0 Å². The van der Waals surface area contributed by atoms with Gasteiger partial charge in [0, 0.05) is 12.4 Å². The monoisotopic (exact) mass is 486 g/mol. The van der Waals surface area contributed by atoms with Crippen LogP contribution in [0, 0.1) is 32.1 Å². The number of hydrogen-bond acceptors (Lipinski definition) is 2. The van der Waals surface area contributed by atoms with Crippen molar-refractivity contribution in [3.63, 3.8) is 0 Å². The fraction of sp³-hybridized carbons (Fsp3) is 0.314. The molecule has 0 unspecified atom stereocenters. The molecule has 1 heterocycles. The quantitative estimate of drug-likeness (QED) is 0.239. The molecule has 0 bridgehead atoms. The molecule has 4 aromatic rings. The third kappa shape index (κ3) is 6.00. The Morgan fingerprint density at radius 1 is 0.649 bits per heavy atom. The smallest absolute Gasteiger partial charge is 0.101 e. The molecule has 0 fully saturated rings. The maximum atomic E-state index is 9.20. The lowest BCUT2D eigenvalue weighted by atomic mass is 9.88. The average Bonchev–Trinajstić information content (AvgIpc) is 2.92. The van der Waals surface area contributed by atoms with E-state index in [1.165, 1.54) is 55.6 Å². The Morgan fingerprint density at radius 3 is 1.95 bits per heavy atom. The highest BCUT2D eigenvalue weighted by Gasteiger charge is 2.12. The molecule has 0 aliphatic rings. The van der Waals surface area contributed by atoms with Crippen molar-refractivity contribution in [1.29, 1.82) is 5.26 Å². The number of benzene rings is 3. The highest BCUT2D eigenvalue weighted by atomic mass is 14.6. The molecule has 0 atom stereocenters. The van der Waals surface area contributed by atoms with Crippen LogP contribution in [-0.2, 0) is 38.5 Å². The van der Waals surface area contributed by atoms with Gasteiger partial charge in [-0.1, -0.05) is 62.4 Å². The molecule has 188 valence electrons. The maximum absolute atomic E-state index is 9.20. The van der Waals surface area contributed by atoms with Gasteiger partial charge in [-0.25, -0.2) is 0 Å². The van der Waals surface area contributed by atoms with Crippen LogP contribution in [0.25, 0.3) is 11.1 Å². The number of hydrogen-bond donors (Lipinski definition) is 0. The summed E-state index contributed by atoms with van der Waals surface area (Å²) in [6, 6.07) is 22.5. The van der Waals surface area contributed by atoms with Crippen LogP contribution in [0.4, 0.5) is 0 Å². The fourth-order valence-electron chi connectivity index (χ4n) is 5.53. The van der Waals surface area contributed by atoms with Gasteiger partial charge < -0.3 is 0 Å². The molecule has 3 aromatic carbocycles. The minimum absolute atomic E-state index is 0.632. The molecular formula is C35H38N2. The van der Waals surface area contributed by atoms with E-state index in [9.17, 15) is 5.26 Å². The van der Waals surface area contributed by atoms with Crippen LogP contribution < -0.4 is 0 Å².